The van der Waals surface area contributed by atoms with E-state index < -0.39 is 0 Å². The van der Waals surface area contributed by atoms with Crippen LogP contribution in [0.25, 0.3) is 0 Å². The molecule has 0 saturated carbocycles. The zero-order valence-electron chi connectivity index (χ0n) is 8.97. The molecule has 2 N–H and O–H groups in total. The molecule has 0 saturated heterocycles. The van der Waals surface area contributed by atoms with Gasteiger partial charge in [-0.2, -0.15) is 5.10 Å². The molecule has 4 nitrogen and oxygen atoms in total. The summed E-state index contributed by atoms with van der Waals surface area (Å²) in [5, 5.41) is 4.03. The average Bonchev–Trinajstić information content (AvgIpc) is 2.65. The molecule has 0 fully saturated rings. The lowest BCUT2D eigenvalue weighted by atomic mass is 10.0. The van der Waals surface area contributed by atoms with E-state index in [9.17, 15) is 0 Å². The van der Waals surface area contributed by atoms with Gasteiger partial charge >= 0.3 is 0 Å². The van der Waals surface area contributed by atoms with E-state index in [2.05, 4.69) is 56.9 Å². The Morgan fingerprint density at radius 3 is 2.62 bits per heavy atom. The van der Waals surface area contributed by atoms with Gasteiger partial charge in [-0.25, -0.2) is 4.98 Å². The van der Waals surface area contributed by atoms with Crippen LogP contribution in [-0.4, -0.2) is 14.8 Å². The number of nitrogens with two attached hydrogens (primary N) is 1. The average molecular weight is 328 g/mol. The van der Waals surface area contributed by atoms with Crippen molar-refractivity contribution in [2.45, 2.75) is 12.5 Å². The molecule has 0 spiro atoms. The molecule has 1 aromatic heterocycles. The number of aryl methyl sites for hydroxylation is 1. The minimum atomic E-state index is -0.0279. The molecule has 84 valence electrons. The van der Waals surface area contributed by atoms with E-state index in [1.54, 1.807) is 11.0 Å². The van der Waals surface area contributed by atoms with Crippen LogP contribution in [-0.2, 0) is 13.5 Å². The second kappa shape index (κ2) is 4.92. The van der Waals surface area contributed by atoms with Crippen molar-refractivity contribution < 1.29 is 0 Å². The van der Waals surface area contributed by atoms with Crippen LogP contribution < -0.4 is 5.73 Å². The summed E-state index contributed by atoms with van der Waals surface area (Å²) in [6.07, 6.45) is 2.26. The van der Waals surface area contributed by atoms with E-state index in [1.165, 1.54) is 3.57 Å². The molecule has 0 radical (unpaired) electrons. The summed E-state index contributed by atoms with van der Waals surface area (Å²) in [5.74, 6) is 0.908. The summed E-state index contributed by atoms with van der Waals surface area (Å²) in [6, 6.07) is 8.21. The van der Waals surface area contributed by atoms with Crippen molar-refractivity contribution in [2.24, 2.45) is 12.8 Å². The molecule has 0 aliphatic rings. The summed E-state index contributed by atoms with van der Waals surface area (Å²) in [7, 11) is 1.88. The van der Waals surface area contributed by atoms with E-state index >= 15 is 0 Å². The molecule has 0 aliphatic heterocycles. The monoisotopic (exact) mass is 328 g/mol. The number of hydrogen-bond donors (Lipinski definition) is 1. The molecule has 2 rings (SSSR count). The number of hydrogen-bond acceptors (Lipinski definition) is 3. The van der Waals surface area contributed by atoms with E-state index in [0.717, 1.165) is 11.4 Å². The highest BCUT2D eigenvalue weighted by Gasteiger charge is 2.10. The normalized spacial score (nSPS) is 12.7. The highest BCUT2D eigenvalue weighted by molar-refractivity contribution is 14.1. The van der Waals surface area contributed by atoms with Crippen LogP contribution in [0.5, 0.6) is 0 Å². The molecule has 1 unspecified atom stereocenters. The summed E-state index contributed by atoms with van der Waals surface area (Å²) < 4.78 is 2.97. The number of halogens is 1. The fourth-order valence-corrected chi connectivity index (χ4v) is 1.89. The van der Waals surface area contributed by atoms with Gasteiger partial charge in [0.05, 0.1) is 0 Å². The molecule has 1 atom stereocenters. The molecular formula is C11H13IN4. The van der Waals surface area contributed by atoms with Gasteiger partial charge in [0.15, 0.2) is 0 Å². The van der Waals surface area contributed by atoms with Crippen LogP contribution >= 0.6 is 22.6 Å². The maximum atomic E-state index is 6.12. The maximum Gasteiger partial charge on any atom is 0.138 e. The van der Waals surface area contributed by atoms with Crippen molar-refractivity contribution in [1.82, 2.24) is 14.8 Å². The molecule has 2 aromatic rings. The van der Waals surface area contributed by atoms with Crippen molar-refractivity contribution in [3.63, 3.8) is 0 Å². The van der Waals surface area contributed by atoms with Gasteiger partial charge in [-0.05, 0) is 40.3 Å². The minimum Gasteiger partial charge on any atom is -0.324 e. The molecule has 0 bridgehead atoms. The second-order valence-electron chi connectivity index (χ2n) is 3.66. The molecule has 0 amide bonds. The van der Waals surface area contributed by atoms with Gasteiger partial charge in [0.25, 0.3) is 0 Å². The first kappa shape index (κ1) is 11.5. The van der Waals surface area contributed by atoms with Crippen molar-refractivity contribution in [1.29, 1.82) is 0 Å². The lowest BCUT2D eigenvalue weighted by Crippen LogP contribution is -2.16. The standard InChI is InChI=1S/C11H13IN4/c1-16-11(14-7-15-16)6-10(13)8-2-4-9(12)5-3-8/h2-5,7,10H,6,13H2,1H3. The summed E-state index contributed by atoms with van der Waals surface area (Å²) in [4.78, 5) is 4.17. The molecule has 5 heteroatoms. The number of nitrogens with zero attached hydrogens (tertiary/aromatic N) is 3. The Hall–Kier alpha value is -0.950. The zero-order valence-corrected chi connectivity index (χ0v) is 11.1. The van der Waals surface area contributed by atoms with Crippen LogP contribution in [0.2, 0.25) is 0 Å². The number of benzene rings is 1. The summed E-state index contributed by atoms with van der Waals surface area (Å²) in [6.45, 7) is 0. The Labute approximate surface area is 108 Å². The van der Waals surface area contributed by atoms with Crippen LogP contribution in [0.4, 0.5) is 0 Å². The van der Waals surface area contributed by atoms with Gasteiger partial charge in [-0.15, -0.1) is 0 Å². The first-order chi connectivity index (χ1) is 7.66. The second-order valence-corrected chi connectivity index (χ2v) is 4.91. The maximum absolute atomic E-state index is 6.12. The predicted molar refractivity (Wildman–Crippen MR) is 70.8 cm³/mol. The van der Waals surface area contributed by atoms with E-state index in [1.807, 2.05) is 7.05 Å². The smallest absolute Gasteiger partial charge is 0.138 e. The van der Waals surface area contributed by atoms with E-state index in [-0.39, 0.29) is 6.04 Å². The fourth-order valence-electron chi connectivity index (χ4n) is 1.53. The minimum absolute atomic E-state index is 0.0279. The molecule has 16 heavy (non-hydrogen) atoms. The zero-order chi connectivity index (χ0) is 11.5. The van der Waals surface area contributed by atoms with E-state index in [4.69, 9.17) is 5.73 Å². The number of rotatable bonds is 3. The molecular weight excluding hydrogens is 315 g/mol. The number of aromatic nitrogens is 3. The van der Waals surface area contributed by atoms with Crippen LogP contribution in [0.15, 0.2) is 30.6 Å². The van der Waals surface area contributed by atoms with Crippen molar-refractivity contribution in [2.75, 3.05) is 0 Å². The first-order valence-electron chi connectivity index (χ1n) is 5.00. The molecule has 0 aliphatic carbocycles. The van der Waals surface area contributed by atoms with Crippen molar-refractivity contribution in [3.8, 4) is 0 Å². The Kier molecular flexibility index (Phi) is 3.55. The summed E-state index contributed by atoms with van der Waals surface area (Å²) >= 11 is 2.28. The van der Waals surface area contributed by atoms with Gasteiger partial charge in [-0.3, -0.25) is 4.68 Å². The highest BCUT2D eigenvalue weighted by atomic mass is 127. The third kappa shape index (κ3) is 2.59. The van der Waals surface area contributed by atoms with Gasteiger partial charge in [0.1, 0.15) is 12.2 Å². The van der Waals surface area contributed by atoms with Crippen molar-refractivity contribution in [3.05, 3.63) is 45.6 Å². The quantitative estimate of drug-likeness (QED) is 0.872. The summed E-state index contributed by atoms with van der Waals surface area (Å²) in [5.41, 5.74) is 7.25. The van der Waals surface area contributed by atoms with Crippen LogP contribution in [0.3, 0.4) is 0 Å². The highest BCUT2D eigenvalue weighted by Crippen LogP contribution is 2.16. The molecule has 1 aromatic carbocycles. The topological polar surface area (TPSA) is 56.7 Å². The Morgan fingerprint density at radius 1 is 1.38 bits per heavy atom. The van der Waals surface area contributed by atoms with Crippen molar-refractivity contribution >= 4 is 22.6 Å². The Balaban J connectivity index is 2.11. The van der Waals surface area contributed by atoms with Gasteiger partial charge in [0, 0.05) is 23.1 Å². The van der Waals surface area contributed by atoms with Crippen LogP contribution in [0.1, 0.15) is 17.4 Å². The SMILES string of the molecule is Cn1ncnc1CC(N)c1ccc(I)cc1. The fraction of sp³-hybridized carbons (Fsp3) is 0.273. The Morgan fingerprint density at radius 2 is 2.06 bits per heavy atom. The van der Waals surface area contributed by atoms with Gasteiger partial charge in [-0.1, -0.05) is 12.1 Å². The third-order valence-corrected chi connectivity index (χ3v) is 3.22. The lowest BCUT2D eigenvalue weighted by molar-refractivity contribution is 0.629. The van der Waals surface area contributed by atoms with Gasteiger partial charge in [0.2, 0.25) is 0 Å². The Bertz CT molecular complexity index is 463. The molecule has 1 heterocycles. The van der Waals surface area contributed by atoms with Gasteiger partial charge < -0.3 is 5.73 Å². The van der Waals surface area contributed by atoms with Crippen LogP contribution in [0, 0.1) is 3.57 Å². The largest absolute Gasteiger partial charge is 0.324 e. The third-order valence-electron chi connectivity index (χ3n) is 2.51. The van der Waals surface area contributed by atoms with E-state index in [0.29, 0.717) is 6.42 Å². The first-order valence-corrected chi connectivity index (χ1v) is 6.08. The predicted octanol–water partition coefficient (Wildman–Crippen LogP) is 1.66. The lowest BCUT2D eigenvalue weighted by Gasteiger charge is -2.11.